The molecule has 0 spiro atoms. The fourth-order valence-electron chi connectivity index (χ4n) is 1.60. The van der Waals surface area contributed by atoms with Crippen LogP contribution in [0.5, 0.6) is 0 Å². The lowest BCUT2D eigenvalue weighted by Crippen LogP contribution is -2.01. The lowest BCUT2D eigenvalue weighted by Gasteiger charge is -2.03. The van der Waals surface area contributed by atoms with Gasteiger partial charge in [0, 0.05) is 11.1 Å². The van der Waals surface area contributed by atoms with Gasteiger partial charge in [-0.2, -0.15) is 0 Å². The van der Waals surface area contributed by atoms with Crippen molar-refractivity contribution in [3.8, 4) is 0 Å². The molecule has 0 heterocycles. The second-order valence-electron chi connectivity index (χ2n) is 3.70. The first-order valence-electron chi connectivity index (χ1n) is 5.31. The first kappa shape index (κ1) is 11.6. The van der Waals surface area contributed by atoms with Gasteiger partial charge in [-0.15, -0.1) is 0 Å². The van der Waals surface area contributed by atoms with Gasteiger partial charge in [-0.1, -0.05) is 54.6 Å². The molecule has 0 unspecified atom stereocenters. The molecule has 2 nitrogen and oxygen atoms in total. The molecule has 0 aliphatic carbocycles. The third kappa shape index (κ3) is 2.80. The Hall–Kier alpha value is -1.93. The number of carbonyl (C=O) groups is 1. The minimum Gasteiger partial charge on any atom is -0.368 e. The zero-order valence-corrected chi connectivity index (χ0v) is 9.30. The molecule has 0 aliphatic rings. The molecule has 2 rings (SSSR count). The van der Waals surface area contributed by atoms with Gasteiger partial charge in [0.05, 0.1) is 6.61 Å². The van der Waals surface area contributed by atoms with E-state index < -0.39 is 0 Å². The number of hydrogen-bond donors (Lipinski definition) is 0. The van der Waals surface area contributed by atoms with Crippen LogP contribution in [0.3, 0.4) is 0 Å². The van der Waals surface area contributed by atoms with Crippen molar-refractivity contribution >= 4 is 5.78 Å². The summed E-state index contributed by atoms with van der Waals surface area (Å²) in [6, 6.07) is 16.4. The third-order valence-electron chi connectivity index (χ3n) is 2.50. The molecule has 0 fully saturated rings. The normalized spacial score (nSPS) is 10.2. The molecular formula is C15H12O2. The van der Waals surface area contributed by atoms with Crippen LogP contribution in [-0.4, -0.2) is 5.78 Å². The maximum Gasteiger partial charge on any atom is 0.193 e. The van der Waals surface area contributed by atoms with Crippen molar-refractivity contribution in [2.75, 3.05) is 0 Å². The molecular weight excluding hydrogens is 212 g/mol. The molecule has 17 heavy (non-hydrogen) atoms. The first-order valence-corrected chi connectivity index (χ1v) is 5.31. The predicted molar refractivity (Wildman–Crippen MR) is 65.4 cm³/mol. The van der Waals surface area contributed by atoms with E-state index in [0.717, 1.165) is 5.56 Å². The van der Waals surface area contributed by atoms with Gasteiger partial charge in [0.15, 0.2) is 5.78 Å². The number of benzene rings is 2. The van der Waals surface area contributed by atoms with Crippen molar-refractivity contribution in [2.24, 2.45) is 0 Å². The maximum atomic E-state index is 12.1. The number of rotatable bonds is 4. The van der Waals surface area contributed by atoms with Gasteiger partial charge >= 0.3 is 0 Å². The monoisotopic (exact) mass is 224 g/mol. The van der Waals surface area contributed by atoms with Gasteiger partial charge in [-0.25, -0.2) is 0 Å². The average Bonchev–Trinajstić information content (AvgIpc) is 2.40. The van der Waals surface area contributed by atoms with E-state index in [9.17, 15) is 4.79 Å². The van der Waals surface area contributed by atoms with Crippen molar-refractivity contribution in [1.29, 1.82) is 0 Å². The van der Waals surface area contributed by atoms with E-state index in [0.29, 0.717) is 17.7 Å². The summed E-state index contributed by atoms with van der Waals surface area (Å²) in [6.07, 6.45) is 0. The Morgan fingerprint density at radius 1 is 0.941 bits per heavy atom. The summed E-state index contributed by atoms with van der Waals surface area (Å²) in [7, 11) is 4.98. The Labute approximate surface area is 101 Å². The zero-order chi connectivity index (χ0) is 12.1. The number of carbonyl (C=O) groups excluding carboxylic acids is 1. The predicted octanol–water partition coefficient (Wildman–Crippen LogP) is 3.10. The van der Waals surface area contributed by atoms with Gasteiger partial charge in [0.2, 0.25) is 0 Å². The quantitative estimate of drug-likeness (QED) is 0.746. The second kappa shape index (κ2) is 5.41. The highest BCUT2D eigenvalue weighted by Gasteiger charge is 2.07. The van der Waals surface area contributed by atoms with Crippen molar-refractivity contribution in [3.05, 3.63) is 78.4 Å². The summed E-state index contributed by atoms with van der Waals surface area (Å²) in [6.45, 7) is 0.347. The molecule has 0 aliphatic heterocycles. The number of ketones is 1. The van der Waals surface area contributed by atoms with E-state index >= 15 is 0 Å². The molecule has 0 saturated heterocycles. The van der Waals surface area contributed by atoms with Crippen LogP contribution in [0, 0.1) is 7.11 Å². The summed E-state index contributed by atoms with van der Waals surface area (Å²) in [5, 5.41) is 0. The Morgan fingerprint density at radius 2 is 1.53 bits per heavy atom. The SMILES string of the molecule is [CH]OCc1ccc(C(=O)c2ccccc2)cc1. The standard InChI is InChI=1S/C15H12O2/c1-17-11-12-7-9-14(10-8-12)15(16)13-5-3-2-4-6-13/h1-10H,11H2. The van der Waals surface area contributed by atoms with Crippen LogP contribution in [0.15, 0.2) is 54.6 Å². The molecule has 0 amide bonds. The highest BCUT2D eigenvalue weighted by molar-refractivity contribution is 6.08. The molecule has 2 aromatic carbocycles. The topological polar surface area (TPSA) is 26.3 Å². The molecule has 2 heteroatoms. The largest absolute Gasteiger partial charge is 0.368 e. The maximum absolute atomic E-state index is 12.1. The Morgan fingerprint density at radius 3 is 2.12 bits per heavy atom. The molecule has 84 valence electrons. The Kier molecular flexibility index (Phi) is 3.68. The van der Waals surface area contributed by atoms with Crippen LogP contribution in [0.1, 0.15) is 21.5 Å². The number of hydrogen-bond acceptors (Lipinski definition) is 2. The van der Waals surface area contributed by atoms with Crippen molar-refractivity contribution < 1.29 is 9.53 Å². The van der Waals surface area contributed by atoms with Crippen LogP contribution in [0.4, 0.5) is 0 Å². The highest BCUT2D eigenvalue weighted by atomic mass is 16.5. The smallest absolute Gasteiger partial charge is 0.193 e. The van der Waals surface area contributed by atoms with Crippen molar-refractivity contribution in [3.63, 3.8) is 0 Å². The summed E-state index contributed by atoms with van der Waals surface area (Å²) in [5.74, 6) is 0.0193. The summed E-state index contributed by atoms with van der Waals surface area (Å²) < 4.78 is 4.53. The molecule has 0 bridgehead atoms. The van der Waals surface area contributed by atoms with Crippen molar-refractivity contribution in [2.45, 2.75) is 6.61 Å². The third-order valence-corrected chi connectivity index (χ3v) is 2.50. The molecule has 0 aromatic heterocycles. The average molecular weight is 224 g/mol. The van der Waals surface area contributed by atoms with Crippen LogP contribution in [0.2, 0.25) is 0 Å². The molecule has 0 saturated carbocycles. The lowest BCUT2D eigenvalue weighted by atomic mass is 10.0. The van der Waals surface area contributed by atoms with E-state index in [1.807, 2.05) is 30.3 Å². The second-order valence-corrected chi connectivity index (χ2v) is 3.70. The summed E-state index contributed by atoms with van der Waals surface area (Å²) in [4.78, 5) is 12.1. The minimum atomic E-state index is 0.0193. The molecule has 2 aromatic rings. The first-order chi connectivity index (χ1) is 8.31. The van der Waals surface area contributed by atoms with Gasteiger partial charge in [0.25, 0.3) is 0 Å². The van der Waals surface area contributed by atoms with E-state index in [-0.39, 0.29) is 5.78 Å². The van der Waals surface area contributed by atoms with Gasteiger partial charge in [-0.3, -0.25) is 4.79 Å². The van der Waals surface area contributed by atoms with E-state index in [4.69, 9.17) is 7.11 Å². The van der Waals surface area contributed by atoms with E-state index in [1.165, 1.54) is 0 Å². The van der Waals surface area contributed by atoms with Crippen LogP contribution >= 0.6 is 0 Å². The molecule has 0 N–H and O–H groups in total. The zero-order valence-electron chi connectivity index (χ0n) is 9.30. The van der Waals surface area contributed by atoms with Crippen molar-refractivity contribution in [1.82, 2.24) is 0 Å². The fourth-order valence-corrected chi connectivity index (χ4v) is 1.60. The fraction of sp³-hybridized carbons (Fsp3) is 0.0667. The summed E-state index contributed by atoms with van der Waals surface area (Å²) in [5.41, 5.74) is 2.30. The Bertz CT molecular complexity index is 486. The van der Waals surface area contributed by atoms with Gasteiger partial charge in [0.1, 0.15) is 7.11 Å². The lowest BCUT2D eigenvalue weighted by molar-refractivity contribution is 0.103. The van der Waals surface area contributed by atoms with Crippen LogP contribution < -0.4 is 0 Å². The minimum absolute atomic E-state index is 0.0193. The van der Waals surface area contributed by atoms with Crippen LogP contribution in [0.25, 0.3) is 0 Å². The molecule has 2 radical (unpaired) electrons. The van der Waals surface area contributed by atoms with E-state index in [1.54, 1.807) is 24.3 Å². The van der Waals surface area contributed by atoms with E-state index in [2.05, 4.69) is 4.74 Å². The number of ether oxygens (including phenoxy) is 1. The van der Waals surface area contributed by atoms with Crippen LogP contribution in [-0.2, 0) is 11.3 Å². The van der Waals surface area contributed by atoms with Gasteiger partial charge in [-0.05, 0) is 5.56 Å². The highest BCUT2D eigenvalue weighted by Crippen LogP contribution is 2.11. The Balaban J connectivity index is 2.20. The molecule has 0 atom stereocenters. The van der Waals surface area contributed by atoms with Gasteiger partial charge < -0.3 is 4.74 Å². The summed E-state index contributed by atoms with van der Waals surface area (Å²) >= 11 is 0.